The van der Waals surface area contributed by atoms with E-state index in [9.17, 15) is 18.0 Å². The summed E-state index contributed by atoms with van der Waals surface area (Å²) in [7, 11) is -3.74. The second kappa shape index (κ2) is 9.29. The van der Waals surface area contributed by atoms with Crippen LogP contribution in [-0.4, -0.2) is 55.7 Å². The van der Waals surface area contributed by atoms with E-state index in [4.69, 9.17) is 10.2 Å². The largest absolute Gasteiger partial charge is 0.438 e. The zero-order valence-corrected chi connectivity index (χ0v) is 18.5. The summed E-state index contributed by atoms with van der Waals surface area (Å²) in [5, 5.41) is 2.43. The molecular weight excluding hydrogens is 434 g/mol. The number of carbonyl (C=O) groups excluding carboxylic acids is 2. The van der Waals surface area contributed by atoms with Crippen molar-refractivity contribution in [2.45, 2.75) is 37.2 Å². The molecule has 11 heteroatoms. The van der Waals surface area contributed by atoms with Crippen LogP contribution in [0.5, 0.6) is 0 Å². The van der Waals surface area contributed by atoms with Crippen LogP contribution in [0.3, 0.4) is 0 Å². The molecule has 4 rings (SSSR count). The van der Waals surface area contributed by atoms with Crippen LogP contribution in [0.2, 0.25) is 0 Å². The lowest BCUT2D eigenvalue weighted by molar-refractivity contribution is -0.122. The number of aromatic nitrogens is 1. The Morgan fingerprint density at radius 1 is 1.06 bits per heavy atom. The molecule has 2 aromatic heterocycles. The smallest absolute Gasteiger partial charge is 0.291 e. The van der Waals surface area contributed by atoms with Crippen LogP contribution < -0.4 is 16.0 Å². The molecule has 2 aromatic rings. The van der Waals surface area contributed by atoms with Gasteiger partial charge in [0.1, 0.15) is 5.82 Å². The van der Waals surface area contributed by atoms with E-state index in [-0.39, 0.29) is 22.7 Å². The number of hydrogen-bond donors (Lipinski definition) is 2. The molecule has 1 unspecified atom stereocenters. The van der Waals surface area contributed by atoms with Crippen molar-refractivity contribution < 1.29 is 22.4 Å². The van der Waals surface area contributed by atoms with Crippen LogP contribution in [0.1, 0.15) is 42.7 Å². The molecule has 0 spiro atoms. The molecule has 32 heavy (non-hydrogen) atoms. The third-order valence-electron chi connectivity index (χ3n) is 5.87. The molecule has 0 aromatic carbocycles. The Balaban J connectivity index is 1.40. The Kier molecular flexibility index (Phi) is 6.47. The summed E-state index contributed by atoms with van der Waals surface area (Å²) >= 11 is 0. The van der Waals surface area contributed by atoms with Gasteiger partial charge in [-0.15, -0.1) is 0 Å². The molecule has 172 valence electrons. The Labute approximate surface area is 186 Å². The number of nitrogens with zero attached hydrogens (tertiary/aromatic N) is 3. The van der Waals surface area contributed by atoms with E-state index in [0.29, 0.717) is 31.1 Å². The van der Waals surface area contributed by atoms with Crippen molar-refractivity contribution in [2.75, 3.05) is 36.4 Å². The van der Waals surface area contributed by atoms with E-state index in [1.807, 2.05) is 4.90 Å². The Hall–Kier alpha value is -2.92. The minimum Gasteiger partial charge on any atom is -0.438 e. The zero-order chi connectivity index (χ0) is 22.7. The summed E-state index contributed by atoms with van der Waals surface area (Å²) in [4.78, 5) is 30.4. The second-order valence-electron chi connectivity index (χ2n) is 8.13. The van der Waals surface area contributed by atoms with E-state index in [1.165, 1.54) is 22.6 Å². The number of furan rings is 1. The third-order valence-corrected chi connectivity index (χ3v) is 7.64. The summed E-state index contributed by atoms with van der Waals surface area (Å²) in [5.74, 6) is -0.462. The van der Waals surface area contributed by atoms with Crippen molar-refractivity contribution in [3.63, 3.8) is 0 Å². The molecule has 0 bridgehead atoms. The molecule has 2 saturated heterocycles. The number of primary amides is 1. The van der Waals surface area contributed by atoms with Crippen molar-refractivity contribution in [2.24, 2.45) is 11.7 Å². The van der Waals surface area contributed by atoms with Gasteiger partial charge in [-0.05, 0) is 49.9 Å². The number of carbonyl (C=O) groups is 2. The first-order chi connectivity index (χ1) is 15.3. The van der Waals surface area contributed by atoms with Gasteiger partial charge >= 0.3 is 0 Å². The van der Waals surface area contributed by atoms with Crippen molar-refractivity contribution in [1.29, 1.82) is 0 Å². The standard InChI is InChI=1S/C21H27N5O5S/c22-20(27)15-5-4-10-25(14-15)18-8-6-16(13-23-18)24-21(28)17-7-9-19(31-17)32(29,30)26-11-2-1-3-12-26/h6-9,13,15H,1-5,10-12,14H2,(H2,22,27)(H,24,28). The van der Waals surface area contributed by atoms with Gasteiger partial charge in [-0.25, -0.2) is 13.4 Å². The van der Waals surface area contributed by atoms with Crippen LogP contribution in [0.4, 0.5) is 11.5 Å². The molecule has 2 fully saturated rings. The van der Waals surface area contributed by atoms with Gasteiger partial charge in [0.25, 0.3) is 15.9 Å². The lowest BCUT2D eigenvalue weighted by Gasteiger charge is -2.32. The second-order valence-corrected chi connectivity index (χ2v) is 10.00. The molecule has 1 atom stereocenters. The predicted octanol–water partition coefficient (Wildman–Crippen LogP) is 1.80. The van der Waals surface area contributed by atoms with Crippen LogP contribution in [0.25, 0.3) is 0 Å². The van der Waals surface area contributed by atoms with E-state index in [0.717, 1.165) is 38.6 Å². The highest BCUT2D eigenvalue weighted by Gasteiger charge is 2.30. The van der Waals surface area contributed by atoms with Crippen molar-refractivity contribution in [3.05, 3.63) is 36.2 Å². The fraction of sp³-hybridized carbons (Fsp3) is 0.476. The molecule has 10 nitrogen and oxygen atoms in total. The number of hydrogen-bond acceptors (Lipinski definition) is 7. The summed E-state index contributed by atoms with van der Waals surface area (Å²) in [6, 6.07) is 6.12. The van der Waals surface area contributed by atoms with Crippen LogP contribution >= 0.6 is 0 Å². The Bertz CT molecular complexity index is 1080. The number of nitrogens with two attached hydrogens (primary N) is 1. The van der Waals surface area contributed by atoms with Gasteiger partial charge < -0.3 is 20.4 Å². The monoisotopic (exact) mass is 461 g/mol. The summed E-state index contributed by atoms with van der Waals surface area (Å²) in [6.07, 6.45) is 5.78. The molecule has 2 amide bonds. The maximum atomic E-state index is 12.7. The van der Waals surface area contributed by atoms with Gasteiger partial charge in [-0.1, -0.05) is 6.42 Å². The Morgan fingerprint density at radius 3 is 2.53 bits per heavy atom. The lowest BCUT2D eigenvalue weighted by Crippen LogP contribution is -2.41. The van der Waals surface area contributed by atoms with Crippen molar-refractivity contribution in [1.82, 2.24) is 9.29 Å². The maximum Gasteiger partial charge on any atom is 0.291 e. The molecule has 4 heterocycles. The summed E-state index contributed by atoms with van der Waals surface area (Å²) in [6.45, 7) is 2.22. The fourth-order valence-corrected chi connectivity index (χ4v) is 5.50. The number of pyridine rings is 1. The fourth-order valence-electron chi connectivity index (χ4n) is 4.07. The highest BCUT2D eigenvalue weighted by atomic mass is 32.2. The molecule has 0 saturated carbocycles. The predicted molar refractivity (Wildman–Crippen MR) is 118 cm³/mol. The van der Waals surface area contributed by atoms with Gasteiger partial charge in [0, 0.05) is 26.2 Å². The van der Waals surface area contributed by atoms with Crippen LogP contribution in [0.15, 0.2) is 40.0 Å². The third kappa shape index (κ3) is 4.78. The highest BCUT2D eigenvalue weighted by Crippen LogP contribution is 2.24. The van der Waals surface area contributed by atoms with E-state index in [1.54, 1.807) is 12.1 Å². The first-order valence-corrected chi connectivity index (χ1v) is 12.2. The summed E-state index contributed by atoms with van der Waals surface area (Å²) in [5.41, 5.74) is 5.87. The number of sulfonamides is 1. The first kappa shape index (κ1) is 22.3. The quantitative estimate of drug-likeness (QED) is 0.669. The Morgan fingerprint density at radius 2 is 1.84 bits per heavy atom. The van der Waals surface area contributed by atoms with E-state index >= 15 is 0 Å². The zero-order valence-electron chi connectivity index (χ0n) is 17.7. The molecule has 0 aliphatic carbocycles. The number of anilines is 2. The minimum absolute atomic E-state index is 0.0926. The van der Waals surface area contributed by atoms with Crippen LogP contribution in [-0.2, 0) is 14.8 Å². The van der Waals surface area contributed by atoms with Gasteiger partial charge in [0.2, 0.25) is 11.0 Å². The van der Waals surface area contributed by atoms with Gasteiger partial charge in [-0.2, -0.15) is 4.31 Å². The average Bonchev–Trinajstić information content (AvgIpc) is 3.32. The maximum absolute atomic E-state index is 12.7. The van der Waals surface area contributed by atoms with Gasteiger partial charge in [0.05, 0.1) is 17.8 Å². The first-order valence-electron chi connectivity index (χ1n) is 10.8. The number of amides is 2. The van der Waals surface area contributed by atoms with E-state index < -0.39 is 15.9 Å². The highest BCUT2D eigenvalue weighted by molar-refractivity contribution is 7.89. The van der Waals surface area contributed by atoms with Gasteiger partial charge in [0.15, 0.2) is 5.76 Å². The number of piperidine rings is 2. The topological polar surface area (TPSA) is 139 Å². The van der Waals surface area contributed by atoms with Crippen molar-refractivity contribution >= 4 is 33.3 Å². The summed E-state index contributed by atoms with van der Waals surface area (Å²) < 4.78 is 32.1. The minimum atomic E-state index is -3.74. The molecular formula is C21H27N5O5S. The SMILES string of the molecule is NC(=O)C1CCCN(c2ccc(NC(=O)c3ccc(S(=O)(=O)N4CCCCC4)o3)cn2)C1. The molecule has 2 aliphatic rings. The molecule has 0 radical (unpaired) electrons. The lowest BCUT2D eigenvalue weighted by atomic mass is 9.97. The number of rotatable bonds is 6. The van der Waals surface area contributed by atoms with Crippen LogP contribution in [0, 0.1) is 5.92 Å². The number of nitrogens with one attached hydrogen (secondary N) is 1. The van der Waals surface area contributed by atoms with Crippen molar-refractivity contribution in [3.8, 4) is 0 Å². The average molecular weight is 462 g/mol. The van der Waals surface area contributed by atoms with Gasteiger partial charge in [-0.3, -0.25) is 9.59 Å². The molecule has 3 N–H and O–H groups in total. The normalized spacial score (nSPS) is 20.1. The molecule has 2 aliphatic heterocycles. The van der Waals surface area contributed by atoms with E-state index in [2.05, 4.69) is 10.3 Å².